The van der Waals surface area contributed by atoms with Crippen molar-refractivity contribution in [3.05, 3.63) is 54.1 Å². The first kappa shape index (κ1) is 16.7. The second-order valence-electron chi connectivity index (χ2n) is 6.89. The number of rotatable bonds is 4. The fourth-order valence-corrected chi connectivity index (χ4v) is 3.56. The molecule has 134 valence electrons. The molecule has 3 aromatic rings. The molecule has 1 aliphatic heterocycles. The van der Waals surface area contributed by atoms with Gasteiger partial charge in [-0.3, -0.25) is 15.0 Å². The maximum atomic E-state index is 4.39. The van der Waals surface area contributed by atoms with Gasteiger partial charge in [0.15, 0.2) is 0 Å². The van der Waals surface area contributed by atoms with E-state index in [9.17, 15) is 0 Å². The maximum absolute atomic E-state index is 4.39. The summed E-state index contributed by atoms with van der Waals surface area (Å²) in [4.78, 5) is 15.6. The maximum Gasteiger partial charge on any atom is 0.0890 e. The number of fused-ring (bicyclic) bond motifs is 1. The monoisotopic (exact) mass is 348 g/mol. The quantitative estimate of drug-likeness (QED) is 0.756. The third-order valence-electron chi connectivity index (χ3n) is 4.80. The van der Waals surface area contributed by atoms with Crippen LogP contribution in [0.5, 0.6) is 0 Å². The molecule has 1 fully saturated rings. The van der Waals surface area contributed by atoms with Crippen molar-refractivity contribution in [3.8, 4) is 0 Å². The molecular weight excluding hydrogens is 324 g/mol. The van der Waals surface area contributed by atoms with Crippen LogP contribution in [0.25, 0.3) is 11.0 Å². The standard InChI is InChI=1S/C20H24N6/c1-14-10-21-12-19(20(14)26-8-7-22-15(2)13-26)25-11-16-3-4-17-18(9-16)24-6-5-23-17/h3-6,9-10,12,15,22,25H,7-8,11,13H2,1-2H3. The van der Waals surface area contributed by atoms with E-state index in [1.807, 2.05) is 18.5 Å². The van der Waals surface area contributed by atoms with Crippen molar-refractivity contribution in [3.63, 3.8) is 0 Å². The number of anilines is 2. The summed E-state index contributed by atoms with van der Waals surface area (Å²) in [6, 6.07) is 6.70. The number of aryl methyl sites for hydroxylation is 1. The lowest BCUT2D eigenvalue weighted by Gasteiger charge is -2.35. The summed E-state index contributed by atoms with van der Waals surface area (Å²) in [5, 5.41) is 7.08. The largest absolute Gasteiger partial charge is 0.378 e. The van der Waals surface area contributed by atoms with Gasteiger partial charge in [-0.05, 0) is 37.1 Å². The van der Waals surface area contributed by atoms with Crippen molar-refractivity contribution in [1.82, 2.24) is 20.3 Å². The van der Waals surface area contributed by atoms with Crippen LogP contribution in [-0.2, 0) is 6.54 Å². The topological polar surface area (TPSA) is 66.0 Å². The van der Waals surface area contributed by atoms with Crippen molar-refractivity contribution in [2.24, 2.45) is 0 Å². The zero-order chi connectivity index (χ0) is 17.9. The molecule has 2 aromatic heterocycles. The van der Waals surface area contributed by atoms with Gasteiger partial charge in [-0.2, -0.15) is 0 Å². The molecule has 0 aliphatic carbocycles. The average molecular weight is 348 g/mol. The van der Waals surface area contributed by atoms with Crippen LogP contribution in [0.2, 0.25) is 0 Å². The Morgan fingerprint density at radius 1 is 1.19 bits per heavy atom. The third kappa shape index (κ3) is 3.46. The van der Waals surface area contributed by atoms with E-state index in [1.165, 1.54) is 16.8 Å². The number of nitrogens with one attached hydrogen (secondary N) is 2. The molecule has 0 radical (unpaired) electrons. The second-order valence-corrected chi connectivity index (χ2v) is 6.89. The van der Waals surface area contributed by atoms with Gasteiger partial charge in [-0.15, -0.1) is 0 Å². The first-order valence-electron chi connectivity index (χ1n) is 9.07. The highest BCUT2D eigenvalue weighted by atomic mass is 15.2. The van der Waals surface area contributed by atoms with Crippen LogP contribution in [0.3, 0.4) is 0 Å². The van der Waals surface area contributed by atoms with Crippen LogP contribution in [0, 0.1) is 6.92 Å². The summed E-state index contributed by atoms with van der Waals surface area (Å²) in [7, 11) is 0. The predicted octanol–water partition coefficient (Wildman–Crippen LogP) is 2.74. The minimum atomic E-state index is 0.489. The zero-order valence-electron chi connectivity index (χ0n) is 15.2. The average Bonchev–Trinajstić information content (AvgIpc) is 2.66. The molecule has 1 atom stereocenters. The SMILES string of the molecule is Cc1cncc(NCc2ccc3nccnc3c2)c1N1CCNC(C)C1. The minimum Gasteiger partial charge on any atom is -0.378 e. The van der Waals surface area contributed by atoms with Gasteiger partial charge in [-0.1, -0.05) is 6.07 Å². The first-order chi connectivity index (χ1) is 12.7. The lowest BCUT2D eigenvalue weighted by atomic mass is 10.1. The fraction of sp³-hybridized carbons (Fsp3) is 0.350. The number of piperazine rings is 1. The molecule has 6 heteroatoms. The zero-order valence-corrected chi connectivity index (χ0v) is 15.2. The smallest absolute Gasteiger partial charge is 0.0890 e. The first-order valence-corrected chi connectivity index (χ1v) is 9.07. The molecule has 1 aromatic carbocycles. The van der Waals surface area contributed by atoms with Crippen LogP contribution in [-0.4, -0.2) is 40.6 Å². The number of benzene rings is 1. The summed E-state index contributed by atoms with van der Waals surface area (Å²) in [5.74, 6) is 0. The number of aromatic nitrogens is 3. The van der Waals surface area contributed by atoms with Crippen molar-refractivity contribution in [2.45, 2.75) is 26.4 Å². The van der Waals surface area contributed by atoms with Crippen LogP contribution in [0.1, 0.15) is 18.1 Å². The summed E-state index contributed by atoms with van der Waals surface area (Å²) in [6.07, 6.45) is 7.32. The molecule has 26 heavy (non-hydrogen) atoms. The van der Waals surface area contributed by atoms with E-state index >= 15 is 0 Å². The van der Waals surface area contributed by atoms with Crippen LogP contribution < -0.4 is 15.5 Å². The molecule has 4 rings (SSSR count). The molecule has 0 spiro atoms. The molecule has 1 unspecified atom stereocenters. The Morgan fingerprint density at radius 3 is 2.88 bits per heavy atom. The van der Waals surface area contributed by atoms with Crippen LogP contribution in [0.4, 0.5) is 11.4 Å². The van der Waals surface area contributed by atoms with Crippen molar-refractivity contribution < 1.29 is 0 Å². The molecular formula is C20H24N6. The van der Waals surface area contributed by atoms with Gasteiger partial charge in [0, 0.05) is 50.8 Å². The van der Waals surface area contributed by atoms with Gasteiger partial charge in [0.1, 0.15) is 0 Å². The van der Waals surface area contributed by atoms with Gasteiger partial charge in [0.05, 0.1) is 28.6 Å². The summed E-state index contributed by atoms with van der Waals surface area (Å²) >= 11 is 0. The normalized spacial score (nSPS) is 17.5. The molecule has 3 heterocycles. The third-order valence-corrected chi connectivity index (χ3v) is 4.80. The number of hydrogen-bond donors (Lipinski definition) is 2. The lowest BCUT2D eigenvalue weighted by Crippen LogP contribution is -2.49. The van der Waals surface area contributed by atoms with E-state index in [4.69, 9.17) is 0 Å². The van der Waals surface area contributed by atoms with Crippen LogP contribution >= 0.6 is 0 Å². The molecule has 1 saturated heterocycles. The van der Waals surface area contributed by atoms with Gasteiger partial charge in [-0.25, -0.2) is 0 Å². The van der Waals surface area contributed by atoms with Crippen molar-refractivity contribution in [1.29, 1.82) is 0 Å². The van der Waals surface area contributed by atoms with E-state index in [1.54, 1.807) is 12.4 Å². The molecule has 0 bridgehead atoms. The van der Waals surface area contributed by atoms with E-state index in [0.29, 0.717) is 6.04 Å². The number of pyridine rings is 1. The van der Waals surface area contributed by atoms with E-state index in [-0.39, 0.29) is 0 Å². The molecule has 6 nitrogen and oxygen atoms in total. The Hall–Kier alpha value is -2.73. The summed E-state index contributed by atoms with van der Waals surface area (Å²) in [5.41, 5.74) is 6.56. The Kier molecular flexibility index (Phi) is 4.67. The van der Waals surface area contributed by atoms with Crippen molar-refractivity contribution in [2.75, 3.05) is 29.9 Å². The Balaban J connectivity index is 1.56. The number of hydrogen-bond acceptors (Lipinski definition) is 6. The molecule has 0 amide bonds. The highest BCUT2D eigenvalue weighted by Crippen LogP contribution is 2.30. The van der Waals surface area contributed by atoms with E-state index < -0.39 is 0 Å². The highest BCUT2D eigenvalue weighted by Gasteiger charge is 2.20. The second kappa shape index (κ2) is 7.25. The fourth-order valence-electron chi connectivity index (χ4n) is 3.56. The van der Waals surface area contributed by atoms with Gasteiger partial charge in [0.25, 0.3) is 0 Å². The Morgan fingerprint density at radius 2 is 2.04 bits per heavy atom. The van der Waals surface area contributed by atoms with E-state index in [2.05, 4.69) is 56.5 Å². The van der Waals surface area contributed by atoms with Gasteiger partial charge >= 0.3 is 0 Å². The Bertz CT molecular complexity index is 910. The predicted molar refractivity (Wildman–Crippen MR) is 106 cm³/mol. The van der Waals surface area contributed by atoms with Gasteiger partial charge < -0.3 is 15.5 Å². The summed E-state index contributed by atoms with van der Waals surface area (Å²) in [6.45, 7) is 8.11. The number of nitrogens with zero attached hydrogens (tertiary/aromatic N) is 4. The minimum absolute atomic E-state index is 0.489. The highest BCUT2D eigenvalue weighted by molar-refractivity contribution is 5.75. The van der Waals surface area contributed by atoms with Gasteiger partial charge in [0.2, 0.25) is 0 Å². The molecule has 0 saturated carbocycles. The van der Waals surface area contributed by atoms with Crippen molar-refractivity contribution >= 4 is 22.4 Å². The lowest BCUT2D eigenvalue weighted by molar-refractivity contribution is 0.484. The Labute approximate surface area is 153 Å². The molecule has 1 aliphatic rings. The summed E-state index contributed by atoms with van der Waals surface area (Å²) < 4.78 is 0. The molecule has 2 N–H and O–H groups in total. The van der Waals surface area contributed by atoms with E-state index in [0.717, 1.165) is 42.9 Å². The van der Waals surface area contributed by atoms with Crippen LogP contribution in [0.15, 0.2) is 43.0 Å².